The number of hydrogen-bond donors (Lipinski definition) is 0. The Morgan fingerprint density at radius 1 is 0.575 bits per heavy atom. The highest BCUT2D eigenvalue weighted by Gasteiger charge is 2.34. The van der Waals surface area contributed by atoms with Crippen LogP contribution in [-0.2, 0) is 25.4 Å². The maximum atomic E-state index is 12.3. The number of hydrogen-bond acceptors (Lipinski definition) is 7. The Hall–Kier alpha value is -2.78. The van der Waals surface area contributed by atoms with E-state index in [4.69, 9.17) is 23.7 Å². The van der Waals surface area contributed by atoms with E-state index < -0.39 is 0 Å². The van der Waals surface area contributed by atoms with Crippen molar-refractivity contribution in [1.29, 1.82) is 0 Å². The van der Waals surface area contributed by atoms with Crippen LogP contribution in [0.25, 0.3) is 0 Å². The van der Waals surface area contributed by atoms with Crippen LogP contribution in [0.4, 0.5) is 0 Å². The van der Waals surface area contributed by atoms with E-state index in [1.165, 1.54) is 49.0 Å². The van der Waals surface area contributed by atoms with Gasteiger partial charge in [-0.15, -0.1) is 0 Å². The maximum Gasteiger partial charge on any atom is 0.261 e. The van der Waals surface area contributed by atoms with E-state index in [9.17, 15) is 9.59 Å². The largest absolute Gasteiger partial charge is 0.491 e. The molecule has 0 radical (unpaired) electrons. The van der Waals surface area contributed by atoms with Crippen molar-refractivity contribution in [2.75, 3.05) is 66.0 Å². The highest BCUT2D eigenvalue weighted by Crippen LogP contribution is 2.22. The normalized spacial score (nSPS) is 12.8. The average Bonchev–Trinajstić information content (AvgIpc) is 3.22. The molecule has 1 heterocycles. The zero-order valence-electron chi connectivity index (χ0n) is 23.9. The van der Waals surface area contributed by atoms with Crippen LogP contribution in [-0.4, -0.2) is 82.7 Å². The van der Waals surface area contributed by atoms with Gasteiger partial charge in [-0.25, -0.2) is 0 Å². The second-order valence-corrected chi connectivity index (χ2v) is 9.77. The number of nitrogens with zero attached hydrogens (tertiary/aromatic N) is 1. The molecular weight excluding hydrogens is 510 g/mol. The first-order valence-corrected chi connectivity index (χ1v) is 14.7. The molecule has 0 spiro atoms. The van der Waals surface area contributed by atoms with Crippen LogP contribution in [0.3, 0.4) is 0 Å². The molecule has 2 aromatic rings. The SMILES string of the molecule is CCCCCCCCc1ccc(OCCOCCOCCOCCOCCN2C(=O)c3ccccc3C2=O)cc1. The standard InChI is InChI=1S/C32H45NO7/c1-2-3-4-5-6-7-10-27-13-15-28(16-14-27)40-26-25-39-24-23-38-22-21-37-20-19-36-18-17-33-31(34)29-11-8-9-12-30(29)32(33)35/h8-9,11-16H,2-7,10,17-26H2,1H3. The smallest absolute Gasteiger partial charge is 0.261 e. The fraction of sp³-hybridized carbons (Fsp3) is 0.562. The lowest BCUT2D eigenvalue weighted by Gasteiger charge is -2.13. The summed E-state index contributed by atoms with van der Waals surface area (Å²) in [7, 11) is 0. The fourth-order valence-corrected chi connectivity index (χ4v) is 4.44. The Labute approximate surface area is 238 Å². The maximum absolute atomic E-state index is 12.3. The van der Waals surface area contributed by atoms with Crippen molar-refractivity contribution < 1.29 is 33.3 Å². The molecule has 220 valence electrons. The molecule has 40 heavy (non-hydrogen) atoms. The molecule has 0 N–H and O–H groups in total. The average molecular weight is 556 g/mol. The van der Waals surface area contributed by atoms with Crippen LogP contribution < -0.4 is 4.74 Å². The molecule has 2 aromatic carbocycles. The van der Waals surface area contributed by atoms with Crippen LogP contribution >= 0.6 is 0 Å². The van der Waals surface area contributed by atoms with Gasteiger partial charge >= 0.3 is 0 Å². The van der Waals surface area contributed by atoms with E-state index in [2.05, 4.69) is 19.1 Å². The van der Waals surface area contributed by atoms with Gasteiger partial charge < -0.3 is 23.7 Å². The third kappa shape index (κ3) is 11.4. The first-order chi connectivity index (χ1) is 19.7. The van der Waals surface area contributed by atoms with Crippen molar-refractivity contribution in [3.63, 3.8) is 0 Å². The van der Waals surface area contributed by atoms with Crippen molar-refractivity contribution in [3.8, 4) is 5.75 Å². The van der Waals surface area contributed by atoms with Gasteiger partial charge in [-0.2, -0.15) is 0 Å². The molecule has 2 amide bonds. The predicted molar refractivity (Wildman–Crippen MR) is 154 cm³/mol. The van der Waals surface area contributed by atoms with E-state index in [1.807, 2.05) is 12.1 Å². The molecule has 1 aliphatic heterocycles. The van der Waals surface area contributed by atoms with Crippen molar-refractivity contribution >= 4 is 11.8 Å². The summed E-state index contributed by atoms with van der Waals surface area (Å²) in [6.45, 7) is 6.50. The number of unbranched alkanes of at least 4 members (excludes halogenated alkanes) is 5. The summed E-state index contributed by atoms with van der Waals surface area (Å²) in [6.07, 6.45) is 9.05. The number of aryl methyl sites for hydroxylation is 1. The summed E-state index contributed by atoms with van der Waals surface area (Å²) >= 11 is 0. The summed E-state index contributed by atoms with van der Waals surface area (Å²) in [5.41, 5.74) is 2.27. The number of amides is 2. The van der Waals surface area contributed by atoms with E-state index in [-0.39, 0.29) is 25.0 Å². The topological polar surface area (TPSA) is 83.5 Å². The number of benzene rings is 2. The monoisotopic (exact) mass is 555 g/mol. The second-order valence-electron chi connectivity index (χ2n) is 9.77. The van der Waals surface area contributed by atoms with Gasteiger partial charge in [0, 0.05) is 0 Å². The molecule has 0 unspecified atom stereocenters. The molecule has 0 saturated carbocycles. The van der Waals surface area contributed by atoms with Gasteiger partial charge in [0.2, 0.25) is 0 Å². The zero-order valence-corrected chi connectivity index (χ0v) is 23.9. The molecule has 3 rings (SSSR count). The van der Waals surface area contributed by atoms with Crippen LogP contribution in [0.1, 0.15) is 71.7 Å². The molecule has 0 fully saturated rings. The molecule has 0 atom stereocenters. The Morgan fingerprint density at radius 2 is 1.07 bits per heavy atom. The van der Waals surface area contributed by atoms with Crippen LogP contribution in [0.2, 0.25) is 0 Å². The number of rotatable bonds is 23. The van der Waals surface area contributed by atoms with Crippen molar-refractivity contribution in [3.05, 3.63) is 65.2 Å². The van der Waals surface area contributed by atoms with Crippen LogP contribution in [0, 0.1) is 0 Å². The van der Waals surface area contributed by atoms with Crippen molar-refractivity contribution in [1.82, 2.24) is 4.90 Å². The van der Waals surface area contributed by atoms with Crippen molar-refractivity contribution in [2.24, 2.45) is 0 Å². The predicted octanol–water partition coefficient (Wildman–Crippen LogP) is 5.33. The number of imide groups is 1. The van der Waals surface area contributed by atoms with E-state index in [1.54, 1.807) is 24.3 Å². The molecule has 0 aliphatic carbocycles. The summed E-state index contributed by atoms with van der Waals surface area (Å²) in [6, 6.07) is 15.2. The molecule has 1 aliphatic rings. The van der Waals surface area contributed by atoms with Gasteiger partial charge in [-0.3, -0.25) is 14.5 Å². The van der Waals surface area contributed by atoms with Gasteiger partial charge in [0.1, 0.15) is 12.4 Å². The molecule has 0 aromatic heterocycles. The molecule has 8 nitrogen and oxygen atoms in total. The van der Waals surface area contributed by atoms with Gasteiger partial charge in [-0.05, 0) is 42.7 Å². The minimum Gasteiger partial charge on any atom is -0.491 e. The third-order valence-electron chi connectivity index (χ3n) is 6.69. The minimum absolute atomic E-state index is 0.228. The number of fused-ring (bicyclic) bond motifs is 1. The fourth-order valence-electron chi connectivity index (χ4n) is 4.44. The Kier molecular flexibility index (Phi) is 15.3. The summed E-state index contributed by atoms with van der Waals surface area (Å²) in [5, 5.41) is 0. The van der Waals surface area contributed by atoms with Gasteiger partial charge in [0.15, 0.2) is 0 Å². The molecule has 8 heteroatoms. The molecule has 0 saturated heterocycles. The first kappa shape index (κ1) is 31.7. The Balaban J connectivity index is 1.06. The second kappa shape index (κ2) is 19.3. The molecule has 0 bridgehead atoms. The summed E-state index contributed by atoms with van der Waals surface area (Å²) in [4.78, 5) is 25.8. The lowest BCUT2D eigenvalue weighted by atomic mass is 10.0. The Bertz CT molecular complexity index is 960. The van der Waals surface area contributed by atoms with E-state index in [0.29, 0.717) is 64.0 Å². The van der Waals surface area contributed by atoms with Crippen molar-refractivity contribution in [2.45, 2.75) is 51.9 Å². The number of carbonyl (C=O) groups excluding carboxylic acids is 2. The third-order valence-corrected chi connectivity index (χ3v) is 6.69. The van der Waals surface area contributed by atoms with Gasteiger partial charge in [0.05, 0.1) is 70.5 Å². The number of carbonyl (C=O) groups is 2. The lowest BCUT2D eigenvalue weighted by Crippen LogP contribution is -2.33. The van der Waals surface area contributed by atoms with Gasteiger partial charge in [0.25, 0.3) is 11.8 Å². The van der Waals surface area contributed by atoms with Gasteiger partial charge in [-0.1, -0.05) is 63.3 Å². The molecular formula is C32H45NO7. The van der Waals surface area contributed by atoms with E-state index >= 15 is 0 Å². The first-order valence-electron chi connectivity index (χ1n) is 14.7. The quantitative estimate of drug-likeness (QED) is 0.135. The highest BCUT2D eigenvalue weighted by molar-refractivity contribution is 6.21. The number of ether oxygens (including phenoxy) is 5. The van der Waals surface area contributed by atoms with E-state index in [0.717, 1.165) is 12.2 Å². The zero-order chi connectivity index (χ0) is 28.3. The lowest BCUT2D eigenvalue weighted by molar-refractivity contribution is -0.00577. The van der Waals surface area contributed by atoms with Crippen LogP contribution in [0.5, 0.6) is 5.75 Å². The summed E-state index contributed by atoms with van der Waals surface area (Å²) < 4.78 is 27.8. The summed E-state index contributed by atoms with van der Waals surface area (Å²) in [5.74, 6) is 0.340. The van der Waals surface area contributed by atoms with Crippen LogP contribution in [0.15, 0.2) is 48.5 Å². The Morgan fingerprint density at radius 3 is 1.65 bits per heavy atom. The minimum atomic E-state index is -0.266. The highest BCUT2D eigenvalue weighted by atomic mass is 16.6.